The van der Waals surface area contributed by atoms with E-state index in [0.717, 1.165) is 0 Å². The second-order valence-electron chi connectivity index (χ2n) is 5.84. The van der Waals surface area contributed by atoms with Crippen molar-refractivity contribution in [1.82, 2.24) is 10.6 Å². The molecule has 3 rings (SSSR count). The van der Waals surface area contributed by atoms with Crippen LogP contribution in [0, 0.1) is 5.82 Å². The molecule has 27 heavy (non-hydrogen) atoms. The molecule has 2 heterocycles. The van der Waals surface area contributed by atoms with Gasteiger partial charge in [0.15, 0.2) is 5.60 Å². The van der Waals surface area contributed by atoms with E-state index in [1.807, 2.05) is 0 Å². The molecule has 0 unspecified atom stereocenters. The van der Waals surface area contributed by atoms with E-state index in [4.69, 9.17) is 4.42 Å². The predicted molar refractivity (Wildman–Crippen MR) is 97.3 cm³/mol. The maximum Gasteiger partial charge on any atom is 0.309 e. The molecule has 0 saturated heterocycles. The van der Waals surface area contributed by atoms with Gasteiger partial charge in [0.25, 0.3) is 0 Å². The standard InChI is InChI=1S/C19H17FN2O4S/c20-15-5-3-13(4-6-15)10-21-17(23)18(24)22-12-19(25,14-7-9-27-11-14)16-2-1-8-26-16/h1-9,11,25H,10,12H2,(H,21,23)(H,22,24)/t19-/m0/s1. The highest BCUT2D eigenvalue weighted by atomic mass is 32.1. The first-order valence-corrected chi connectivity index (χ1v) is 9.03. The molecular formula is C19H17FN2O4S. The van der Waals surface area contributed by atoms with Crippen molar-refractivity contribution >= 4 is 23.2 Å². The number of furan rings is 1. The van der Waals surface area contributed by atoms with Crippen molar-refractivity contribution < 1.29 is 23.5 Å². The Bertz CT molecular complexity index is 858. The summed E-state index contributed by atoms with van der Waals surface area (Å²) in [5, 5.41) is 19.4. The molecule has 0 radical (unpaired) electrons. The van der Waals surface area contributed by atoms with Crippen LogP contribution in [0.1, 0.15) is 16.9 Å². The van der Waals surface area contributed by atoms with Crippen molar-refractivity contribution in [3.63, 3.8) is 0 Å². The van der Waals surface area contributed by atoms with Gasteiger partial charge >= 0.3 is 11.8 Å². The highest BCUT2D eigenvalue weighted by Crippen LogP contribution is 2.30. The third kappa shape index (κ3) is 4.42. The zero-order valence-electron chi connectivity index (χ0n) is 14.1. The molecule has 0 spiro atoms. The minimum absolute atomic E-state index is 0.0829. The van der Waals surface area contributed by atoms with Gasteiger partial charge in [-0.1, -0.05) is 12.1 Å². The molecule has 6 nitrogen and oxygen atoms in total. The van der Waals surface area contributed by atoms with Crippen LogP contribution in [-0.2, 0) is 21.7 Å². The average Bonchev–Trinajstić information content (AvgIpc) is 3.39. The summed E-state index contributed by atoms with van der Waals surface area (Å²) in [6.07, 6.45) is 1.42. The Hall–Kier alpha value is -2.97. The Labute approximate surface area is 158 Å². The molecule has 1 aromatic carbocycles. The first-order chi connectivity index (χ1) is 13.0. The third-order valence-electron chi connectivity index (χ3n) is 4.00. The summed E-state index contributed by atoms with van der Waals surface area (Å²) in [4.78, 5) is 24.1. The van der Waals surface area contributed by atoms with Gasteiger partial charge in [-0.25, -0.2) is 4.39 Å². The molecule has 0 saturated carbocycles. The van der Waals surface area contributed by atoms with Gasteiger partial charge in [-0.15, -0.1) is 0 Å². The molecular weight excluding hydrogens is 371 g/mol. The minimum atomic E-state index is -1.59. The van der Waals surface area contributed by atoms with Crippen LogP contribution in [0.4, 0.5) is 4.39 Å². The number of carbonyl (C=O) groups excluding carboxylic acids is 2. The lowest BCUT2D eigenvalue weighted by Gasteiger charge is -2.25. The quantitative estimate of drug-likeness (QED) is 0.564. The van der Waals surface area contributed by atoms with Crippen LogP contribution in [0.15, 0.2) is 63.9 Å². The molecule has 0 aliphatic rings. The molecule has 8 heteroatoms. The van der Waals surface area contributed by atoms with E-state index in [1.54, 1.807) is 29.0 Å². The normalized spacial score (nSPS) is 13.0. The van der Waals surface area contributed by atoms with Crippen molar-refractivity contribution in [2.45, 2.75) is 12.1 Å². The van der Waals surface area contributed by atoms with Crippen molar-refractivity contribution in [3.05, 3.63) is 82.2 Å². The Morgan fingerprint density at radius 1 is 1.11 bits per heavy atom. The van der Waals surface area contributed by atoms with Gasteiger partial charge in [0.1, 0.15) is 11.6 Å². The van der Waals surface area contributed by atoms with Gasteiger partial charge in [0.05, 0.1) is 12.8 Å². The van der Waals surface area contributed by atoms with Crippen LogP contribution in [-0.4, -0.2) is 23.5 Å². The second kappa shape index (κ2) is 8.15. The first-order valence-electron chi connectivity index (χ1n) is 8.08. The van der Waals surface area contributed by atoms with Crippen LogP contribution >= 0.6 is 11.3 Å². The number of halogens is 1. The molecule has 140 valence electrons. The predicted octanol–water partition coefficient (Wildman–Crippen LogP) is 2.15. The number of amides is 2. The Kier molecular flexibility index (Phi) is 5.68. The van der Waals surface area contributed by atoms with E-state index in [-0.39, 0.29) is 24.7 Å². The van der Waals surface area contributed by atoms with Crippen LogP contribution in [0.5, 0.6) is 0 Å². The van der Waals surface area contributed by atoms with Crippen LogP contribution in [0.3, 0.4) is 0 Å². The summed E-state index contributed by atoms with van der Waals surface area (Å²) in [5.74, 6) is -1.87. The number of carbonyl (C=O) groups is 2. The van der Waals surface area contributed by atoms with Gasteiger partial charge in [-0.3, -0.25) is 9.59 Å². The molecule has 0 bridgehead atoms. The van der Waals surface area contributed by atoms with Crippen molar-refractivity contribution in [2.75, 3.05) is 6.54 Å². The molecule has 2 aromatic heterocycles. The van der Waals surface area contributed by atoms with Crippen molar-refractivity contribution in [1.29, 1.82) is 0 Å². The summed E-state index contributed by atoms with van der Waals surface area (Å²) in [7, 11) is 0. The number of hydrogen-bond acceptors (Lipinski definition) is 5. The van der Waals surface area contributed by atoms with E-state index in [9.17, 15) is 19.1 Å². The number of thiophene rings is 1. The van der Waals surface area contributed by atoms with Gasteiger partial charge in [-0.2, -0.15) is 11.3 Å². The third-order valence-corrected chi connectivity index (χ3v) is 4.69. The SMILES string of the molecule is O=C(NCc1ccc(F)cc1)C(=O)NC[C@](O)(c1ccsc1)c1ccco1. The Morgan fingerprint density at radius 2 is 1.85 bits per heavy atom. The molecule has 2 amide bonds. The zero-order valence-corrected chi connectivity index (χ0v) is 15.0. The summed E-state index contributed by atoms with van der Waals surface area (Å²) in [6.45, 7) is -0.153. The second-order valence-corrected chi connectivity index (χ2v) is 6.62. The minimum Gasteiger partial charge on any atom is -0.466 e. The summed E-state index contributed by atoms with van der Waals surface area (Å²) >= 11 is 1.39. The van der Waals surface area contributed by atoms with Crippen LogP contribution in [0.2, 0.25) is 0 Å². The highest BCUT2D eigenvalue weighted by molar-refractivity contribution is 7.08. The van der Waals surface area contributed by atoms with Gasteiger partial charge < -0.3 is 20.2 Å². The number of nitrogens with one attached hydrogen (secondary N) is 2. The maximum atomic E-state index is 12.9. The summed E-state index contributed by atoms with van der Waals surface area (Å²) in [6, 6.07) is 10.5. The van der Waals surface area contributed by atoms with E-state index < -0.39 is 17.4 Å². The van der Waals surface area contributed by atoms with Gasteiger partial charge in [0.2, 0.25) is 0 Å². The van der Waals surface area contributed by atoms with Crippen molar-refractivity contribution in [2.24, 2.45) is 0 Å². The van der Waals surface area contributed by atoms with Gasteiger partial charge in [0, 0.05) is 12.1 Å². The molecule has 3 N–H and O–H groups in total. The fourth-order valence-electron chi connectivity index (χ4n) is 2.50. The maximum absolute atomic E-state index is 12.9. The topological polar surface area (TPSA) is 91.6 Å². The lowest BCUT2D eigenvalue weighted by atomic mass is 9.93. The number of hydrogen-bond donors (Lipinski definition) is 3. The Morgan fingerprint density at radius 3 is 2.48 bits per heavy atom. The molecule has 0 fully saturated rings. The number of benzene rings is 1. The zero-order chi connectivity index (χ0) is 19.3. The highest BCUT2D eigenvalue weighted by Gasteiger charge is 2.36. The average molecular weight is 388 g/mol. The number of aliphatic hydroxyl groups is 1. The van der Waals surface area contributed by atoms with Crippen molar-refractivity contribution in [3.8, 4) is 0 Å². The lowest BCUT2D eigenvalue weighted by Crippen LogP contribution is -2.46. The van der Waals surface area contributed by atoms with Gasteiger partial charge in [-0.05, 0) is 46.7 Å². The van der Waals surface area contributed by atoms with E-state index in [2.05, 4.69) is 10.6 Å². The molecule has 0 aliphatic heterocycles. The molecule has 3 aromatic rings. The molecule has 0 aliphatic carbocycles. The van der Waals surface area contributed by atoms with Crippen LogP contribution in [0.25, 0.3) is 0 Å². The Balaban J connectivity index is 1.61. The van der Waals surface area contributed by atoms with Crippen LogP contribution < -0.4 is 10.6 Å². The van der Waals surface area contributed by atoms with E-state index in [0.29, 0.717) is 11.1 Å². The summed E-state index contributed by atoms with van der Waals surface area (Å²) in [5.41, 5.74) is -0.381. The van der Waals surface area contributed by atoms with E-state index in [1.165, 1.54) is 41.9 Å². The number of rotatable bonds is 6. The largest absolute Gasteiger partial charge is 0.466 e. The fourth-order valence-corrected chi connectivity index (χ4v) is 3.22. The first kappa shape index (κ1) is 18.8. The fraction of sp³-hybridized carbons (Fsp3) is 0.158. The van der Waals surface area contributed by atoms with E-state index >= 15 is 0 Å². The lowest BCUT2D eigenvalue weighted by molar-refractivity contribution is -0.139. The smallest absolute Gasteiger partial charge is 0.309 e. The summed E-state index contributed by atoms with van der Waals surface area (Å²) < 4.78 is 18.2. The monoisotopic (exact) mass is 388 g/mol. The molecule has 1 atom stereocenters.